The van der Waals surface area contributed by atoms with Crippen molar-refractivity contribution >= 4 is 10.0 Å². The van der Waals surface area contributed by atoms with E-state index in [0.29, 0.717) is 19.0 Å². The third-order valence-electron chi connectivity index (χ3n) is 3.04. The van der Waals surface area contributed by atoms with Crippen molar-refractivity contribution in [3.8, 4) is 0 Å². The Hall–Kier alpha value is -0.130. The number of nitrogens with one attached hydrogen (secondary N) is 1. The summed E-state index contributed by atoms with van der Waals surface area (Å²) in [5.74, 6) is 0.596. The predicted molar refractivity (Wildman–Crippen MR) is 66.9 cm³/mol. The lowest BCUT2D eigenvalue weighted by molar-refractivity contribution is 0.337. The quantitative estimate of drug-likeness (QED) is 0.732. The van der Waals surface area contributed by atoms with Gasteiger partial charge in [0.2, 0.25) is 10.0 Å². The second-order valence-electron chi connectivity index (χ2n) is 5.02. The van der Waals surface area contributed by atoms with Crippen molar-refractivity contribution in [3.05, 3.63) is 0 Å². The van der Waals surface area contributed by atoms with E-state index in [0.717, 1.165) is 0 Å². The molecule has 0 aliphatic heterocycles. The van der Waals surface area contributed by atoms with Crippen LogP contribution in [0.3, 0.4) is 0 Å². The number of nitrogens with zero attached hydrogens (tertiary/aromatic N) is 1. The second kappa shape index (κ2) is 5.47. The molecule has 0 aromatic heterocycles. The average Bonchev–Trinajstić information content (AvgIpc) is 2.97. The smallest absolute Gasteiger partial charge is 0.218 e. The number of sulfonamides is 1. The van der Waals surface area contributed by atoms with Crippen molar-refractivity contribution in [1.82, 2.24) is 9.62 Å². The van der Waals surface area contributed by atoms with Crippen LogP contribution >= 0.6 is 0 Å². The zero-order chi connectivity index (χ0) is 12.3. The Morgan fingerprint density at radius 3 is 2.25 bits per heavy atom. The zero-order valence-corrected chi connectivity index (χ0v) is 11.5. The van der Waals surface area contributed by atoms with Gasteiger partial charge >= 0.3 is 0 Å². The van der Waals surface area contributed by atoms with Crippen LogP contribution in [0.15, 0.2) is 0 Å². The molecular formula is C11H24N2O2S. The molecule has 1 saturated carbocycles. The molecular weight excluding hydrogens is 224 g/mol. The maximum atomic E-state index is 12.3. The third-order valence-corrected chi connectivity index (χ3v) is 5.45. The Labute approximate surface area is 99.5 Å². The largest absolute Gasteiger partial charge is 0.318 e. The van der Waals surface area contributed by atoms with Crippen molar-refractivity contribution in [3.63, 3.8) is 0 Å². The van der Waals surface area contributed by atoms with E-state index in [-0.39, 0.29) is 11.3 Å². The van der Waals surface area contributed by atoms with Gasteiger partial charge in [-0.1, -0.05) is 0 Å². The fraction of sp³-hybridized carbons (Fsp3) is 1.00. The van der Waals surface area contributed by atoms with E-state index in [1.54, 1.807) is 18.3 Å². The highest BCUT2D eigenvalue weighted by atomic mass is 32.2. The van der Waals surface area contributed by atoms with E-state index >= 15 is 0 Å². The standard InChI is InChI=1S/C11H24N2O2S/c1-9(2)13(8-11-5-6-11)16(14,15)10(3)7-12-4/h9-12H,5-8H2,1-4H3. The number of hydrogen-bond donors (Lipinski definition) is 1. The number of hydrogen-bond acceptors (Lipinski definition) is 3. The van der Waals surface area contributed by atoms with Gasteiger partial charge < -0.3 is 5.32 Å². The van der Waals surface area contributed by atoms with Crippen molar-refractivity contribution in [2.75, 3.05) is 20.1 Å². The van der Waals surface area contributed by atoms with Gasteiger partial charge in [0.15, 0.2) is 0 Å². The summed E-state index contributed by atoms with van der Waals surface area (Å²) in [7, 11) is -1.36. The van der Waals surface area contributed by atoms with Crippen LogP contribution in [0.2, 0.25) is 0 Å². The van der Waals surface area contributed by atoms with Crippen LogP contribution in [0, 0.1) is 5.92 Å². The molecule has 0 radical (unpaired) electrons. The van der Waals surface area contributed by atoms with Crippen LogP contribution < -0.4 is 5.32 Å². The van der Waals surface area contributed by atoms with E-state index in [1.807, 2.05) is 13.8 Å². The molecule has 96 valence electrons. The molecule has 0 heterocycles. The number of rotatable bonds is 7. The predicted octanol–water partition coefficient (Wildman–Crippen LogP) is 1.04. The molecule has 1 rings (SSSR count). The van der Waals surface area contributed by atoms with Crippen molar-refractivity contribution < 1.29 is 8.42 Å². The summed E-state index contributed by atoms with van der Waals surface area (Å²) in [4.78, 5) is 0. The van der Waals surface area contributed by atoms with E-state index in [9.17, 15) is 8.42 Å². The van der Waals surface area contributed by atoms with Crippen molar-refractivity contribution in [2.45, 2.75) is 44.9 Å². The SMILES string of the molecule is CNCC(C)S(=O)(=O)N(CC1CC1)C(C)C. The lowest BCUT2D eigenvalue weighted by Crippen LogP contribution is -2.45. The first kappa shape index (κ1) is 13.9. The van der Waals surface area contributed by atoms with Crippen LogP contribution in [-0.4, -0.2) is 44.2 Å². The maximum absolute atomic E-state index is 12.3. The Balaban J connectivity index is 2.73. The Kier molecular flexibility index (Phi) is 4.76. The van der Waals surface area contributed by atoms with E-state index in [1.165, 1.54) is 12.8 Å². The topological polar surface area (TPSA) is 49.4 Å². The van der Waals surface area contributed by atoms with Crippen molar-refractivity contribution in [1.29, 1.82) is 0 Å². The van der Waals surface area contributed by atoms with Crippen LogP contribution in [0.4, 0.5) is 0 Å². The van der Waals surface area contributed by atoms with Gasteiger partial charge in [-0.2, -0.15) is 4.31 Å². The molecule has 0 aromatic carbocycles. The first-order chi connectivity index (χ1) is 7.39. The van der Waals surface area contributed by atoms with Crippen LogP contribution in [0.5, 0.6) is 0 Å². The summed E-state index contributed by atoms with van der Waals surface area (Å²) in [6, 6.07) is 0.0601. The average molecular weight is 248 g/mol. The maximum Gasteiger partial charge on any atom is 0.218 e. The summed E-state index contributed by atoms with van der Waals surface area (Å²) >= 11 is 0. The van der Waals surface area contributed by atoms with Gasteiger partial charge in [0, 0.05) is 19.1 Å². The molecule has 1 N–H and O–H groups in total. The van der Waals surface area contributed by atoms with Crippen molar-refractivity contribution in [2.24, 2.45) is 5.92 Å². The summed E-state index contributed by atoms with van der Waals surface area (Å²) in [5.41, 5.74) is 0. The summed E-state index contributed by atoms with van der Waals surface area (Å²) in [6.07, 6.45) is 2.36. The molecule has 1 aliphatic rings. The zero-order valence-electron chi connectivity index (χ0n) is 10.7. The highest BCUT2D eigenvalue weighted by molar-refractivity contribution is 7.89. The van der Waals surface area contributed by atoms with E-state index < -0.39 is 10.0 Å². The first-order valence-corrected chi connectivity index (χ1v) is 7.55. The minimum absolute atomic E-state index is 0.0601. The molecule has 16 heavy (non-hydrogen) atoms. The Bertz CT molecular complexity index is 310. The highest BCUT2D eigenvalue weighted by Gasteiger charge is 2.35. The van der Waals surface area contributed by atoms with E-state index in [2.05, 4.69) is 5.32 Å². The molecule has 1 fully saturated rings. The van der Waals surface area contributed by atoms with Gasteiger partial charge in [-0.25, -0.2) is 8.42 Å². The van der Waals surface area contributed by atoms with Gasteiger partial charge in [0.25, 0.3) is 0 Å². The van der Waals surface area contributed by atoms with Gasteiger partial charge in [-0.3, -0.25) is 0 Å². The third kappa shape index (κ3) is 3.43. The van der Waals surface area contributed by atoms with Gasteiger partial charge in [-0.05, 0) is 46.6 Å². The normalized spacial score (nSPS) is 19.4. The van der Waals surface area contributed by atoms with Gasteiger partial charge in [0.1, 0.15) is 0 Å². The molecule has 0 aromatic rings. The molecule has 0 amide bonds. The molecule has 1 aliphatic carbocycles. The summed E-state index contributed by atoms with van der Waals surface area (Å²) in [6.45, 7) is 6.89. The first-order valence-electron chi connectivity index (χ1n) is 6.04. The lowest BCUT2D eigenvalue weighted by atomic mass is 10.3. The molecule has 0 spiro atoms. The van der Waals surface area contributed by atoms with Crippen LogP contribution in [-0.2, 0) is 10.0 Å². The lowest BCUT2D eigenvalue weighted by Gasteiger charge is -2.29. The molecule has 4 nitrogen and oxygen atoms in total. The monoisotopic (exact) mass is 248 g/mol. The Morgan fingerprint density at radius 1 is 1.31 bits per heavy atom. The summed E-state index contributed by atoms with van der Waals surface area (Å²) in [5, 5.41) is 2.58. The highest BCUT2D eigenvalue weighted by Crippen LogP contribution is 2.31. The fourth-order valence-corrected chi connectivity index (χ4v) is 3.63. The molecule has 0 saturated heterocycles. The van der Waals surface area contributed by atoms with Crippen LogP contribution in [0.1, 0.15) is 33.6 Å². The molecule has 1 atom stereocenters. The minimum atomic E-state index is -3.15. The fourth-order valence-electron chi connectivity index (χ4n) is 1.79. The van der Waals surface area contributed by atoms with Crippen LogP contribution in [0.25, 0.3) is 0 Å². The Morgan fingerprint density at radius 2 is 1.88 bits per heavy atom. The van der Waals surface area contributed by atoms with E-state index in [4.69, 9.17) is 0 Å². The van der Waals surface area contributed by atoms with Gasteiger partial charge in [-0.15, -0.1) is 0 Å². The second-order valence-corrected chi connectivity index (χ2v) is 7.32. The molecule has 5 heteroatoms. The molecule has 0 bridgehead atoms. The minimum Gasteiger partial charge on any atom is -0.318 e. The molecule has 1 unspecified atom stereocenters. The summed E-state index contributed by atoms with van der Waals surface area (Å²) < 4.78 is 26.3. The van der Waals surface area contributed by atoms with Gasteiger partial charge in [0.05, 0.1) is 5.25 Å².